The van der Waals surface area contributed by atoms with E-state index in [4.69, 9.17) is 0 Å². The van der Waals surface area contributed by atoms with Crippen molar-refractivity contribution in [3.63, 3.8) is 0 Å². The smallest absolute Gasteiger partial charge is 0.102 e. The lowest BCUT2D eigenvalue weighted by atomic mass is 10.0. The van der Waals surface area contributed by atoms with Gasteiger partial charge in [0.2, 0.25) is 0 Å². The van der Waals surface area contributed by atoms with Gasteiger partial charge in [0, 0.05) is 16.3 Å². The molecule has 2 aromatic rings. The molecule has 0 saturated carbocycles. The highest BCUT2D eigenvalue weighted by Crippen LogP contribution is 2.36. The standard InChI is InChI=1S/C17H14N2S/c1-12-5-4-6-13(9-12)14(10-18)16-11-20-17-8-3-2-7-15(17)19-16/h2-9,19H,11H2,1H3. The second-order valence-electron chi connectivity index (χ2n) is 4.74. The molecule has 2 aromatic carbocycles. The van der Waals surface area contributed by atoms with Crippen molar-refractivity contribution in [1.82, 2.24) is 0 Å². The van der Waals surface area contributed by atoms with Gasteiger partial charge in [-0.1, -0.05) is 42.0 Å². The normalized spacial score (nSPS) is 15.8. The number of nitrogens with zero attached hydrogens (tertiary/aromatic N) is 1. The summed E-state index contributed by atoms with van der Waals surface area (Å²) < 4.78 is 0. The highest BCUT2D eigenvalue weighted by atomic mass is 32.2. The number of anilines is 1. The molecule has 0 amide bonds. The van der Waals surface area contributed by atoms with Gasteiger partial charge in [-0.2, -0.15) is 5.26 Å². The fourth-order valence-electron chi connectivity index (χ4n) is 2.29. The van der Waals surface area contributed by atoms with Gasteiger partial charge in [-0.3, -0.25) is 0 Å². The Bertz CT molecular complexity index is 726. The summed E-state index contributed by atoms with van der Waals surface area (Å²) in [4.78, 5) is 1.23. The third-order valence-electron chi connectivity index (χ3n) is 3.26. The number of nitrogens with one attached hydrogen (secondary N) is 1. The molecule has 0 bridgehead atoms. The summed E-state index contributed by atoms with van der Waals surface area (Å²) in [6.07, 6.45) is 0. The topological polar surface area (TPSA) is 35.8 Å². The number of aryl methyl sites for hydroxylation is 1. The monoisotopic (exact) mass is 278 g/mol. The first-order chi connectivity index (χ1) is 9.78. The molecule has 0 saturated heterocycles. The number of allylic oxidation sites excluding steroid dienone is 1. The Hall–Kier alpha value is -2.18. The zero-order chi connectivity index (χ0) is 13.9. The summed E-state index contributed by atoms with van der Waals surface area (Å²) in [6.45, 7) is 2.04. The number of rotatable bonds is 1. The molecule has 0 aliphatic carbocycles. The molecule has 0 spiro atoms. The van der Waals surface area contributed by atoms with Gasteiger partial charge in [0.1, 0.15) is 6.07 Å². The van der Waals surface area contributed by atoms with Crippen molar-refractivity contribution in [1.29, 1.82) is 5.26 Å². The van der Waals surface area contributed by atoms with Crippen molar-refractivity contribution >= 4 is 23.0 Å². The van der Waals surface area contributed by atoms with E-state index in [1.54, 1.807) is 11.8 Å². The minimum absolute atomic E-state index is 0.732. The molecule has 0 atom stereocenters. The Morgan fingerprint density at radius 1 is 1.20 bits per heavy atom. The second-order valence-corrected chi connectivity index (χ2v) is 5.76. The quantitative estimate of drug-likeness (QED) is 0.783. The number of fused-ring (bicyclic) bond motifs is 1. The maximum absolute atomic E-state index is 9.51. The van der Waals surface area contributed by atoms with Crippen LogP contribution in [-0.4, -0.2) is 5.75 Å². The lowest BCUT2D eigenvalue weighted by Gasteiger charge is -2.21. The van der Waals surface area contributed by atoms with Gasteiger partial charge in [0.05, 0.1) is 11.3 Å². The summed E-state index contributed by atoms with van der Waals surface area (Å²) >= 11 is 1.77. The Kier molecular flexibility index (Phi) is 3.49. The van der Waals surface area contributed by atoms with Crippen LogP contribution in [0.25, 0.3) is 5.57 Å². The molecule has 98 valence electrons. The Morgan fingerprint density at radius 2 is 2.05 bits per heavy atom. The van der Waals surface area contributed by atoms with Crippen LogP contribution in [0.4, 0.5) is 5.69 Å². The minimum atomic E-state index is 0.732. The SMILES string of the molecule is Cc1cccc(C(C#N)=C2CSc3ccccc3N2)c1. The molecule has 1 aliphatic heterocycles. The number of hydrogen-bond acceptors (Lipinski definition) is 3. The van der Waals surface area contributed by atoms with Gasteiger partial charge >= 0.3 is 0 Å². The third-order valence-corrected chi connectivity index (χ3v) is 4.36. The van der Waals surface area contributed by atoms with E-state index < -0.39 is 0 Å². The number of nitriles is 1. The molecular formula is C17H14N2S. The number of benzene rings is 2. The van der Waals surface area contributed by atoms with E-state index in [-0.39, 0.29) is 0 Å². The molecule has 0 aromatic heterocycles. The van der Waals surface area contributed by atoms with Crippen LogP contribution in [-0.2, 0) is 0 Å². The number of para-hydroxylation sites is 1. The first kappa shape index (κ1) is 12.8. The zero-order valence-electron chi connectivity index (χ0n) is 11.2. The van der Waals surface area contributed by atoms with Crippen LogP contribution in [0.1, 0.15) is 11.1 Å². The molecular weight excluding hydrogens is 264 g/mol. The van der Waals surface area contributed by atoms with Crippen LogP contribution >= 0.6 is 11.8 Å². The summed E-state index contributed by atoms with van der Waals surface area (Å²) in [5.74, 6) is 0.799. The van der Waals surface area contributed by atoms with Crippen molar-refractivity contribution in [2.75, 3.05) is 11.1 Å². The maximum Gasteiger partial charge on any atom is 0.102 e. The van der Waals surface area contributed by atoms with Gasteiger partial charge in [-0.05, 0) is 24.6 Å². The average molecular weight is 278 g/mol. The molecule has 1 N–H and O–H groups in total. The lowest BCUT2D eigenvalue weighted by Crippen LogP contribution is -2.10. The van der Waals surface area contributed by atoms with Crippen LogP contribution in [0.3, 0.4) is 0 Å². The van der Waals surface area contributed by atoms with Crippen molar-refractivity contribution in [2.45, 2.75) is 11.8 Å². The predicted molar refractivity (Wildman–Crippen MR) is 84.5 cm³/mol. The van der Waals surface area contributed by atoms with Gasteiger partial charge in [0.25, 0.3) is 0 Å². The molecule has 3 heteroatoms. The molecule has 0 unspecified atom stereocenters. The molecule has 2 nitrogen and oxygen atoms in total. The van der Waals surface area contributed by atoms with E-state index in [0.29, 0.717) is 0 Å². The van der Waals surface area contributed by atoms with Crippen LogP contribution in [0.2, 0.25) is 0 Å². The van der Waals surface area contributed by atoms with Gasteiger partial charge < -0.3 is 5.32 Å². The van der Waals surface area contributed by atoms with E-state index in [9.17, 15) is 5.26 Å². The zero-order valence-corrected chi connectivity index (χ0v) is 12.0. The lowest BCUT2D eigenvalue weighted by molar-refractivity contribution is 1.29. The third kappa shape index (κ3) is 2.43. The van der Waals surface area contributed by atoms with E-state index >= 15 is 0 Å². The fraction of sp³-hybridized carbons (Fsp3) is 0.118. The number of thioether (sulfide) groups is 1. The Morgan fingerprint density at radius 3 is 2.85 bits per heavy atom. The van der Waals surface area contributed by atoms with Gasteiger partial charge in [0.15, 0.2) is 0 Å². The summed E-state index contributed by atoms with van der Waals surface area (Å²) in [7, 11) is 0. The summed E-state index contributed by atoms with van der Waals surface area (Å²) in [5, 5.41) is 12.9. The van der Waals surface area contributed by atoms with Crippen molar-refractivity contribution in [2.24, 2.45) is 0 Å². The van der Waals surface area contributed by atoms with Crippen LogP contribution in [0, 0.1) is 18.3 Å². The minimum Gasteiger partial charge on any atom is -0.356 e. The van der Waals surface area contributed by atoms with E-state index in [1.165, 1.54) is 10.5 Å². The van der Waals surface area contributed by atoms with Crippen molar-refractivity contribution in [3.05, 3.63) is 65.4 Å². The Balaban J connectivity index is 2.04. The van der Waals surface area contributed by atoms with Crippen molar-refractivity contribution in [3.8, 4) is 6.07 Å². The molecule has 1 aliphatic rings. The Labute approximate surface area is 123 Å². The molecule has 0 radical (unpaired) electrons. The van der Waals surface area contributed by atoms with E-state index in [0.717, 1.165) is 28.3 Å². The highest BCUT2D eigenvalue weighted by molar-refractivity contribution is 7.99. The van der Waals surface area contributed by atoms with Crippen molar-refractivity contribution < 1.29 is 0 Å². The van der Waals surface area contributed by atoms with Gasteiger partial charge in [-0.15, -0.1) is 11.8 Å². The second kappa shape index (κ2) is 5.44. The van der Waals surface area contributed by atoms with E-state index in [2.05, 4.69) is 23.5 Å². The first-order valence-electron chi connectivity index (χ1n) is 6.47. The average Bonchev–Trinajstić information content (AvgIpc) is 2.48. The number of hydrogen-bond donors (Lipinski definition) is 1. The predicted octanol–water partition coefficient (Wildman–Crippen LogP) is 4.45. The largest absolute Gasteiger partial charge is 0.356 e. The fourth-order valence-corrected chi connectivity index (χ4v) is 3.25. The van der Waals surface area contributed by atoms with Gasteiger partial charge in [-0.25, -0.2) is 0 Å². The van der Waals surface area contributed by atoms with E-state index in [1.807, 2.05) is 43.3 Å². The van der Waals surface area contributed by atoms with Crippen LogP contribution in [0.5, 0.6) is 0 Å². The molecule has 20 heavy (non-hydrogen) atoms. The summed E-state index contributed by atoms with van der Waals surface area (Å²) in [6, 6.07) is 18.6. The molecule has 1 heterocycles. The maximum atomic E-state index is 9.51. The molecule has 3 rings (SSSR count). The summed E-state index contributed by atoms with van der Waals surface area (Å²) in [5.41, 5.74) is 4.95. The molecule has 0 fully saturated rings. The first-order valence-corrected chi connectivity index (χ1v) is 7.45. The highest BCUT2D eigenvalue weighted by Gasteiger charge is 2.16. The van der Waals surface area contributed by atoms with Crippen LogP contribution < -0.4 is 5.32 Å². The van der Waals surface area contributed by atoms with Crippen LogP contribution in [0.15, 0.2) is 59.1 Å².